The van der Waals surface area contributed by atoms with Crippen molar-refractivity contribution >= 4 is 29.0 Å². The second kappa shape index (κ2) is 8.19. The molecule has 1 unspecified atom stereocenters. The van der Waals surface area contributed by atoms with Crippen molar-refractivity contribution in [3.05, 3.63) is 64.5 Å². The van der Waals surface area contributed by atoms with Crippen LogP contribution in [-0.4, -0.2) is 33.4 Å². The molecule has 1 N–H and O–H groups in total. The Labute approximate surface area is 168 Å². The Hall–Kier alpha value is -3.60. The van der Waals surface area contributed by atoms with E-state index < -0.39 is 11.0 Å². The van der Waals surface area contributed by atoms with E-state index in [-0.39, 0.29) is 35.1 Å². The van der Waals surface area contributed by atoms with Gasteiger partial charge in [0, 0.05) is 17.8 Å². The Morgan fingerprint density at radius 3 is 2.69 bits per heavy atom. The van der Waals surface area contributed by atoms with Crippen LogP contribution in [0.3, 0.4) is 0 Å². The Morgan fingerprint density at radius 2 is 1.93 bits per heavy atom. The van der Waals surface area contributed by atoms with Gasteiger partial charge in [-0.3, -0.25) is 14.9 Å². The number of nitrogens with one attached hydrogen (secondary N) is 1. The van der Waals surface area contributed by atoms with Gasteiger partial charge in [-0.1, -0.05) is 23.9 Å². The number of para-hydroxylation sites is 2. The first kappa shape index (κ1) is 18.7. The summed E-state index contributed by atoms with van der Waals surface area (Å²) in [5, 5.41) is 21.4. The lowest BCUT2D eigenvalue weighted by atomic mass is 10.2. The van der Waals surface area contributed by atoms with Gasteiger partial charge >= 0.3 is 0 Å². The Balaban J connectivity index is 1.30. The molecule has 0 bridgehead atoms. The Kier molecular flexibility index (Phi) is 5.29. The number of hydrogen-bond donors (Lipinski definition) is 1. The molecule has 0 aliphatic carbocycles. The average molecular weight is 414 g/mol. The van der Waals surface area contributed by atoms with Crippen molar-refractivity contribution in [3.63, 3.8) is 0 Å². The van der Waals surface area contributed by atoms with Crippen molar-refractivity contribution in [2.45, 2.75) is 11.3 Å². The summed E-state index contributed by atoms with van der Waals surface area (Å²) in [7, 11) is 0. The molecule has 11 heteroatoms. The molecule has 1 aromatic heterocycles. The van der Waals surface area contributed by atoms with Gasteiger partial charge in [0.25, 0.3) is 16.8 Å². The molecule has 148 valence electrons. The fourth-order valence-electron chi connectivity index (χ4n) is 2.54. The topological polar surface area (TPSA) is 130 Å². The predicted octanol–water partition coefficient (Wildman–Crippen LogP) is 3.22. The molecule has 0 spiro atoms. The van der Waals surface area contributed by atoms with Gasteiger partial charge in [0.15, 0.2) is 11.5 Å². The predicted molar refractivity (Wildman–Crippen MR) is 102 cm³/mol. The minimum absolute atomic E-state index is 0.0312. The van der Waals surface area contributed by atoms with Crippen LogP contribution < -0.4 is 14.8 Å². The second-order valence-corrected chi connectivity index (χ2v) is 6.84. The fraction of sp³-hybridized carbons (Fsp3) is 0.167. The van der Waals surface area contributed by atoms with Gasteiger partial charge in [-0.15, -0.1) is 10.2 Å². The van der Waals surface area contributed by atoms with Crippen molar-refractivity contribution < 1.29 is 23.6 Å². The number of aromatic nitrogens is 2. The number of thioether (sulfide) groups is 1. The first-order valence-electron chi connectivity index (χ1n) is 8.47. The number of carbonyl (C=O) groups is 1. The van der Waals surface area contributed by atoms with E-state index in [4.69, 9.17) is 13.9 Å². The first-order chi connectivity index (χ1) is 14.1. The third-order valence-electron chi connectivity index (χ3n) is 3.89. The number of ether oxygens (including phenoxy) is 2. The minimum Gasteiger partial charge on any atom is -0.485 e. The Morgan fingerprint density at radius 1 is 1.17 bits per heavy atom. The van der Waals surface area contributed by atoms with Crippen LogP contribution in [0.4, 0.5) is 11.4 Å². The highest BCUT2D eigenvalue weighted by molar-refractivity contribution is 7.99. The van der Waals surface area contributed by atoms with E-state index in [1.54, 1.807) is 6.07 Å². The van der Waals surface area contributed by atoms with Crippen LogP contribution in [0.2, 0.25) is 0 Å². The summed E-state index contributed by atoms with van der Waals surface area (Å²) in [5.41, 5.74) is 0.408. The molecule has 1 amide bonds. The number of amides is 1. The number of fused-ring (bicyclic) bond motifs is 1. The highest BCUT2D eigenvalue weighted by Gasteiger charge is 2.27. The summed E-state index contributed by atoms with van der Waals surface area (Å²) in [5.74, 6) is 1.23. The normalized spacial score (nSPS) is 15.0. The third-order valence-corrected chi connectivity index (χ3v) is 4.71. The molecule has 2 heterocycles. The average Bonchev–Trinajstić information content (AvgIpc) is 3.21. The minimum atomic E-state index is -0.527. The molecule has 4 rings (SSSR count). The van der Waals surface area contributed by atoms with E-state index in [2.05, 4.69) is 15.5 Å². The van der Waals surface area contributed by atoms with E-state index in [9.17, 15) is 14.9 Å². The highest BCUT2D eigenvalue weighted by atomic mass is 32.2. The molecule has 0 fully saturated rings. The number of rotatable bonds is 6. The SMILES string of the molecule is O=C(CSc1nnc(C2COc3ccccc3O2)o1)Nc1ccc([N+](=O)[O-])cc1. The van der Waals surface area contributed by atoms with Crippen molar-refractivity contribution in [1.29, 1.82) is 0 Å². The molecule has 1 aliphatic rings. The number of nitro benzene ring substituents is 1. The summed E-state index contributed by atoms with van der Waals surface area (Å²) in [6, 6.07) is 12.8. The molecule has 3 aromatic rings. The van der Waals surface area contributed by atoms with Crippen molar-refractivity contribution in [1.82, 2.24) is 10.2 Å². The monoisotopic (exact) mass is 414 g/mol. The molecule has 1 atom stereocenters. The van der Waals surface area contributed by atoms with E-state index >= 15 is 0 Å². The molecule has 0 saturated carbocycles. The number of nitro groups is 1. The molecule has 29 heavy (non-hydrogen) atoms. The largest absolute Gasteiger partial charge is 0.485 e. The second-order valence-electron chi connectivity index (χ2n) is 5.91. The zero-order valence-corrected chi connectivity index (χ0v) is 15.6. The van der Waals surface area contributed by atoms with Crippen LogP contribution in [-0.2, 0) is 4.79 Å². The smallest absolute Gasteiger partial charge is 0.277 e. The molecule has 2 aromatic carbocycles. The van der Waals surface area contributed by atoms with Gasteiger partial charge in [-0.2, -0.15) is 0 Å². The maximum Gasteiger partial charge on any atom is 0.277 e. The molecule has 0 saturated heterocycles. The maximum atomic E-state index is 12.0. The van der Waals surface area contributed by atoms with Crippen LogP contribution in [0.15, 0.2) is 58.2 Å². The first-order valence-corrected chi connectivity index (χ1v) is 9.46. The van der Waals surface area contributed by atoms with E-state index in [1.807, 2.05) is 18.2 Å². The number of anilines is 1. The third kappa shape index (κ3) is 4.46. The number of carbonyl (C=O) groups excluding carboxylic acids is 1. The summed E-state index contributed by atoms with van der Waals surface area (Å²) in [6.07, 6.45) is -0.527. The van der Waals surface area contributed by atoms with Crippen LogP contribution in [0, 0.1) is 10.1 Å². The standard InChI is InChI=1S/C18H14N4O6S/c23-16(19-11-5-7-12(8-6-11)22(24)25)10-29-18-21-20-17(28-18)15-9-26-13-3-1-2-4-14(13)27-15/h1-8,15H,9-10H2,(H,19,23). The summed E-state index contributed by atoms with van der Waals surface area (Å²) >= 11 is 1.07. The van der Waals surface area contributed by atoms with Crippen LogP contribution >= 0.6 is 11.8 Å². The van der Waals surface area contributed by atoms with Gasteiger partial charge in [0.05, 0.1) is 10.7 Å². The van der Waals surface area contributed by atoms with Crippen LogP contribution in [0.1, 0.15) is 12.0 Å². The van der Waals surface area contributed by atoms with Crippen molar-refractivity contribution in [2.75, 3.05) is 17.7 Å². The summed E-state index contributed by atoms with van der Waals surface area (Å²) in [4.78, 5) is 22.2. The highest BCUT2D eigenvalue weighted by Crippen LogP contribution is 2.35. The van der Waals surface area contributed by atoms with Crippen molar-refractivity contribution in [2.24, 2.45) is 0 Å². The maximum absolute atomic E-state index is 12.0. The molecular formula is C18H14N4O6S. The van der Waals surface area contributed by atoms with Crippen LogP contribution in [0.25, 0.3) is 0 Å². The van der Waals surface area contributed by atoms with E-state index in [0.29, 0.717) is 17.2 Å². The molecule has 10 nitrogen and oxygen atoms in total. The van der Waals surface area contributed by atoms with E-state index in [1.165, 1.54) is 24.3 Å². The fourth-order valence-corrected chi connectivity index (χ4v) is 3.11. The number of benzene rings is 2. The number of non-ortho nitro benzene ring substituents is 1. The number of hydrogen-bond acceptors (Lipinski definition) is 9. The lowest BCUT2D eigenvalue weighted by Gasteiger charge is -2.23. The molecule has 0 radical (unpaired) electrons. The summed E-state index contributed by atoms with van der Waals surface area (Å²) in [6.45, 7) is 0.240. The van der Waals surface area contributed by atoms with Gasteiger partial charge < -0.3 is 19.2 Å². The Bertz CT molecular complexity index is 1040. The molecular weight excluding hydrogens is 400 g/mol. The van der Waals surface area contributed by atoms with Gasteiger partial charge in [0.1, 0.15) is 6.61 Å². The van der Waals surface area contributed by atoms with Crippen molar-refractivity contribution in [3.8, 4) is 11.5 Å². The lowest BCUT2D eigenvalue weighted by Crippen LogP contribution is -2.21. The summed E-state index contributed by atoms with van der Waals surface area (Å²) < 4.78 is 17.0. The van der Waals surface area contributed by atoms with Gasteiger partial charge in [0.2, 0.25) is 12.0 Å². The van der Waals surface area contributed by atoms with E-state index in [0.717, 1.165) is 11.8 Å². The quantitative estimate of drug-likeness (QED) is 0.367. The number of nitrogens with zero attached hydrogens (tertiary/aromatic N) is 3. The van der Waals surface area contributed by atoms with Gasteiger partial charge in [-0.25, -0.2) is 0 Å². The lowest BCUT2D eigenvalue weighted by molar-refractivity contribution is -0.384. The zero-order chi connectivity index (χ0) is 20.2. The molecule has 1 aliphatic heterocycles. The van der Waals surface area contributed by atoms with Gasteiger partial charge in [-0.05, 0) is 24.3 Å². The zero-order valence-electron chi connectivity index (χ0n) is 14.8. The van der Waals surface area contributed by atoms with Crippen LogP contribution in [0.5, 0.6) is 11.5 Å².